The van der Waals surface area contributed by atoms with Crippen LogP contribution in [0, 0.1) is 11.6 Å². The summed E-state index contributed by atoms with van der Waals surface area (Å²) in [5, 5.41) is 7.58. The molecular formula is C16H10F2N6O. The van der Waals surface area contributed by atoms with E-state index in [4.69, 9.17) is 0 Å². The van der Waals surface area contributed by atoms with Crippen molar-refractivity contribution in [3.8, 4) is 5.69 Å². The van der Waals surface area contributed by atoms with E-state index >= 15 is 0 Å². The van der Waals surface area contributed by atoms with Gasteiger partial charge in [0.05, 0.1) is 6.54 Å². The molecule has 0 aliphatic carbocycles. The van der Waals surface area contributed by atoms with E-state index in [0.29, 0.717) is 0 Å². The van der Waals surface area contributed by atoms with E-state index in [0.717, 1.165) is 22.4 Å². The fourth-order valence-electron chi connectivity index (χ4n) is 2.46. The highest BCUT2D eigenvalue weighted by molar-refractivity contribution is 5.70. The first-order valence-electron chi connectivity index (χ1n) is 7.28. The second-order valence-electron chi connectivity index (χ2n) is 5.31. The van der Waals surface area contributed by atoms with Crippen molar-refractivity contribution in [3.05, 3.63) is 76.6 Å². The molecule has 3 aromatic heterocycles. The SMILES string of the molecule is O=c1c2nnn(-c3ccc(F)cc3F)c2ncn1Cc1cccnc1. The van der Waals surface area contributed by atoms with Crippen LogP contribution >= 0.6 is 0 Å². The molecule has 7 nitrogen and oxygen atoms in total. The van der Waals surface area contributed by atoms with Crippen molar-refractivity contribution in [3.63, 3.8) is 0 Å². The van der Waals surface area contributed by atoms with Gasteiger partial charge in [-0.15, -0.1) is 5.10 Å². The Morgan fingerprint density at radius 3 is 2.80 bits per heavy atom. The molecule has 0 bridgehead atoms. The number of hydrogen-bond donors (Lipinski definition) is 0. The van der Waals surface area contributed by atoms with E-state index in [1.165, 1.54) is 17.0 Å². The highest BCUT2D eigenvalue weighted by Crippen LogP contribution is 2.16. The predicted molar refractivity (Wildman–Crippen MR) is 84.2 cm³/mol. The van der Waals surface area contributed by atoms with Gasteiger partial charge < -0.3 is 0 Å². The number of hydrogen-bond acceptors (Lipinski definition) is 5. The molecule has 0 spiro atoms. The van der Waals surface area contributed by atoms with E-state index in [9.17, 15) is 13.6 Å². The standard InChI is InChI=1S/C16H10F2N6O/c17-11-3-4-13(12(18)6-11)24-15-14(21-22-24)16(25)23(9-20-15)8-10-2-1-5-19-7-10/h1-7,9H,8H2. The summed E-state index contributed by atoms with van der Waals surface area (Å²) < 4.78 is 29.5. The molecule has 0 atom stereocenters. The second kappa shape index (κ2) is 5.86. The van der Waals surface area contributed by atoms with Crippen LogP contribution in [0.25, 0.3) is 16.9 Å². The van der Waals surface area contributed by atoms with E-state index in [1.54, 1.807) is 18.5 Å². The molecule has 9 heteroatoms. The van der Waals surface area contributed by atoms with Crippen molar-refractivity contribution >= 4 is 11.2 Å². The molecule has 0 saturated carbocycles. The summed E-state index contributed by atoms with van der Waals surface area (Å²) in [6.45, 7) is 0.271. The van der Waals surface area contributed by atoms with Crippen LogP contribution in [0.2, 0.25) is 0 Å². The molecule has 0 saturated heterocycles. The molecule has 124 valence electrons. The van der Waals surface area contributed by atoms with Gasteiger partial charge in [-0.05, 0) is 23.8 Å². The van der Waals surface area contributed by atoms with Gasteiger partial charge in [-0.1, -0.05) is 11.3 Å². The van der Waals surface area contributed by atoms with Crippen LogP contribution in [0.5, 0.6) is 0 Å². The Bertz CT molecular complexity index is 1120. The van der Waals surface area contributed by atoms with Gasteiger partial charge in [-0.25, -0.2) is 13.8 Å². The molecule has 25 heavy (non-hydrogen) atoms. The van der Waals surface area contributed by atoms with Gasteiger partial charge in [0.15, 0.2) is 17.0 Å². The highest BCUT2D eigenvalue weighted by Gasteiger charge is 2.16. The maximum absolute atomic E-state index is 14.0. The van der Waals surface area contributed by atoms with Crippen molar-refractivity contribution < 1.29 is 8.78 Å². The van der Waals surface area contributed by atoms with Gasteiger partial charge in [-0.3, -0.25) is 14.3 Å². The number of nitrogens with zero attached hydrogens (tertiary/aromatic N) is 6. The summed E-state index contributed by atoms with van der Waals surface area (Å²) in [7, 11) is 0. The van der Waals surface area contributed by atoms with Crippen molar-refractivity contribution in [2.75, 3.05) is 0 Å². The molecular weight excluding hydrogens is 330 g/mol. The lowest BCUT2D eigenvalue weighted by Crippen LogP contribution is -2.21. The highest BCUT2D eigenvalue weighted by atomic mass is 19.1. The van der Waals surface area contributed by atoms with Crippen molar-refractivity contribution in [1.29, 1.82) is 0 Å². The van der Waals surface area contributed by atoms with E-state index < -0.39 is 17.2 Å². The largest absolute Gasteiger partial charge is 0.293 e. The Morgan fingerprint density at radius 2 is 2.04 bits per heavy atom. The zero-order valence-electron chi connectivity index (χ0n) is 12.7. The zero-order valence-corrected chi connectivity index (χ0v) is 12.7. The van der Waals surface area contributed by atoms with Gasteiger partial charge in [0.1, 0.15) is 17.8 Å². The smallest absolute Gasteiger partial charge is 0.283 e. The first-order valence-corrected chi connectivity index (χ1v) is 7.28. The Labute approximate surface area is 139 Å². The van der Waals surface area contributed by atoms with Crippen molar-refractivity contribution in [2.24, 2.45) is 0 Å². The number of pyridine rings is 1. The fraction of sp³-hybridized carbons (Fsp3) is 0.0625. The monoisotopic (exact) mass is 340 g/mol. The predicted octanol–water partition coefficient (Wildman–Crippen LogP) is 1.70. The first kappa shape index (κ1) is 15.1. The fourth-order valence-corrected chi connectivity index (χ4v) is 2.46. The van der Waals surface area contributed by atoms with E-state index in [1.807, 2.05) is 6.07 Å². The molecule has 0 unspecified atom stereocenters. The second-order valence-corrected chi connectivity index (χ2v) is 5.31. The van der Waals surface area contributed by atoms with Crippen molar-refractivity contribution in [1.82, 2.24) is 29.5 Å². The number of fused-ring (bicyclic) bond motifs is 1. The normalized spacial score (nSPS) is 11.1. The zero-order chi connectivity index (χ0) is 17.4. The summed E-state index contributed by atoms with van der Waals surface area (Å²) >= 11 is 0. The molecule has 0 aliphatic heterocycles. The average Bonchev–Trinajstić information content (AvgIpc) is 3.03. The van der Waals surface area contributed by atoms with Gasteiger partial charge in [0.2, 0.25) is 0 Å². The van der Waals surface area contributed by atoms with Crippen LogP contribution in [-0.4, -0.2) is 29.5 Å². The Morgan fingerprint density at radius 1 is 1.16 bits per heavy atom. The maximum atomic E-state index is 14.0. The maximum Gasteiger partial charge on any atom is 0.283 e. The topological polar surface area (TPSA) is 78.5 Å². The van der Waals surface area contributed by atoms with Crippen LogP contribution in [0.4, 0.5) is 8.78 Å². The minimum absolute atomic E-state index is 0.00452. The molecule has 3 heterocycles. The van der Waals surface area contributed by atoms with Crippen LogP contribution in [0.1, 0.15) is 5.56 Å². The summed E-state index contributed by atoms with van der Waals surface area (Å²) in [4.78, 5) is 20.7. The molecule has 0 N–H and O–H groups in total. The third-order valence-corrected chi connectivity index (χ3v) is 3.64. The number of benzene rings is 1. The molecule has 4 rings (SSSR count). The Kier molecular flexibility index (Phi) is 3.53. The lowest BCUT2D eigenvalue weighted by Gasteiger charge is -2.06. The van der Waals surface area contributed by atoms with Crippen LogP contribution in [0.3, 0.4) is 0 Å². The Hall–Kier alpha value is -3.49. The average molecular weight is 340 g/mol. The third kappa shape index (κ3) is 2.65. The van der Waals surface area contributed by atoms with Gasteiger partial charge in [-0.2, -0.15) is 4.68 Å². The third-order valence-electron chi connectivity index (χ3n) is 3.64. The minimum atomic E-state index is -0.826. The minimum Gasteiger partial charge on any atom is -0.293 e. The lowest BCUT2D eigenvalue weighted by molar-refractivity contribution is 0.573. The summed E-state index contributed by atoms with van der Waals surface area (Å²) in [6.07, 6.45) is 4.61. The van der Waals surface area contributed by atoms with Crippen LogP contribution in [0.15, 0.2) is 53.8 Å². The first-order chi connectivity index (χ1) is 12.1. The molecule has 0 aliphatic rings. The Balaban J connectivity index is 1.81. The molecule has 1 aromatic carbocycles. The summed E-state index contributed by atoms with van der Waals surface area (Å²) in [5.41, 5.74) is 0.458. The quantitative estimate of drug-likeness (QED) is 0.567. The molecule has 0 radical (unpaired) electrons. The number of rotatable bonds is 3. The molecule has 0 amide bonds. The van der Waals surface area contributed by atoms with E-state index in [-0.39, 0.29) is 23.4 Å². The van der Waals surface area contributed by atoms with Crippen molar-refractivity contribution in [2.45, 2.75) is 6.54 Å². The molecule has 0 fully saturated rings. The number of halogens is 2. The van der Waals surface area contributed by atoms with Crippen LogP contribution in [-0.2, 0) is 6.54 Å². The summed E-state index contributed by atoms with van der Waals surface area (Å²) in [6, 6.07) is 6.62. The number of aromatic nitrogens is 6. The van der Waals surface area contributed by atoms with Gasteiger partial charge in [0.25, 0.3) is 5.56 Å². The van der Waals surface area contributed by atoms with Gasteiger partial charge >= 0.3 is 0 Å². The van der Waals surface area contributed by atoms with Crippen LogP contribution < -0.4 is 5.56 Å². The van der Waals surface area contributed by atoms with E-state index in [2.05, 4.69) is 20.3 Å². The lowest BCUT2D eigenvalue weighted by atomic mass is 10.3. The van der Waals surface area contributed by atoms with Gasteiger partial charge in [0, 0.05) is 18.5 Å². The molecule has 4 aromatic rings. The summed E-state index contributed by atoms with van der Waals surface area (Å²) in [5.74, 6) is -1.54.